The molecule has 0 aliphatic rings. The van der Waals surface area contributed by atoms with E-state index in [-0.39, 0.29) is 5.91 Å². The summed E-state index contributed by atoms with van der Waals surface area (Å²) in [5, 5.41) is 8.69. The maximum atomic E-state index is 12.1. The zero-order valence-corrected chi connectivity index (χ0v) is 15.8. The van der Waals surface area contributed by atoms with E-state index in [0.717, 1.165) is 11.1 Å². The summed E-state index contributed by atoms with van der Waals surface area (Å²) in [5.74, 6) is -0.278. The van der Waals surface area contributed by atoms with Crippen molar-refractivity contribution in [2.45, 2.75) is 6.54 Å². The molecule has 1 amide bonds. The van der Waals surface area contributed by atoms with Gasteiger partial charge in [0, 0.05) is 32.9 Å². The molecular weight excluding hydrogens is 393 g/mol. The van der Waals surface area contributed by atoms with Gasteiger partial charge in [-0.2, -0.15) is 5.10 Å². The van der Waals surface area contributed by atoms with Gasteiger partial charge in [0.1, 0.15) is 0 Å². The zero-order chi connectivity index (χ0) is 18.5. The lowest BCUT2D eigenvalue weighted by Gasteiger charge is -2.06. The van der Waals surface area contributed by atoms with E-state index >= 15 is 0 Å². The third-order valence-electron chi connectivity index (χ3n) is 3.60. The number of amides is 1. The molecule has 0 bridgehead atoms. The summed E-state index contributed by atoms with van der Waals surface area (Å²) in [7, 11) is 0. The highest BCUT2D eigenvalue weighted by Crippen LogP contribution is 2.25. The van der Waals surface area contributed by atoms with Gasteiger partial charge >= 0.3 is 0 Å². The van der Waals surface area contributed by atoms with Crippen LogP contribution in [0.5, 0.6) is 0 Å². The monoisotopic (exact) mass is 405 g/mol. The SMILES string of the molecule is O=C(/C=C/c1ccccc1Cl)Nc1cnn(Cc2c(Cl)cccc2Cl)c1. The molecule has 2 aromatic carbocycles. The number of benzene rings is 2. The van der Waals surface area contributed by atoms with Crippen LogP contribution in [-0.4, -0.2) is 15.7 Å². The van der Waals surface area contributed by atoms with Gasteiger partial charge < -0.3 is 5.32 Å². The topological polar surface area (TPSA) is 46.9 Å². The van der Waals surface area contributed by atoms with Gasteiger partial charge in [-0.1, -0.05) is 59.1 Å². The van der Waals surface area contributed by atoms with Crippen molar-refractivity contribution < 1.29 is 4.79 Å². The molecule has 4 nitrogen and oxygen atoms in total. The minimum Gasteiger partial charge on any atom is -0.320 e. The van der Waals surface area contributed by atoms with Gasteiger partial charge in [0.25, 0.3) is 0 Å². The molecule has 132 valence electrons. The van der Waals surface area contributed by atoms with Crippen LogP contribution in [0.3, 0.4) is 0 Å². The average Bonchev–Trinajstić information content (AvgIpc) is 3.04. The van der Waals surface area contributed by atoms with Gasteiger partial charge in [0.15, 0.2) is 0 Å². The molecule has 0 atom stereocenters. The normalized spacial score (nSPS) is 11.0. The van der Waals surface area contributed by atoms with Crippen LogP contribution in [0.4, 0.5) is 5.69 Å². The molecule has 26 heavy (non-hydrogen) atoms. The maximum Gasteiger partial charge on any atom is 0.248 e. The Morgan fingerprint density at radius 3 is 2.46 bits per heavy atom. The van der Waals surface area contributed by atoms with E-state index in [0.29, 0.717) is 27.3 Å². The lowest BCUT2D eigenvalue weighted by Crippen LogP contribution is -2.07. The second kappa shape index (κ2) is 8.41. The smallest absolute Gasteiger partial charge is 0.248 e. The highest BCUT2D eigenvalue weighted by atomic mass is 35.5. The summed E-state index contributed by atoms with van der Waals surface area (Å²) in [4.78, 5) is 12.1. The number of aromatic nitrogens is 2. The highest BCUT2D eigenvalue weighted by molar-refractivity contribution is 6.36. The highest BCUT2D eigenvalue weighted by Gasteiger charge is 2.08. The van der Waals surface area contributed by atoms with Crippen LogP contribution >= 0.6 is 34.8 Å². The molecule has 0 saturated carbocycles. The quantitative estimate of drug-likeness (QED) is 0.565. The lowest BCUT2D eigenvalue weighted by atomic mass is 10.2. The largest absolute Gasteiger partial charge is 0.320 e. The summed E-state index contributed by atoms with van der Waals surface area (Å²) < 4.78 is 1.65. The van der Waals surface area contributed by atoms with Crippen LogP contribution in [0.25, 0.3) is 6.08 Å². The Bertz CT molecular complexity index is 946. The fourth-order valence-electron chi connectivity index (χ4n) is 2.32. The second-order valence-corrected chi connectivity index (χ2v) is 6.69. The molecule has 0 aliphatic carbocycles. The summed E-state index contributed by atoms with van der Waals surface area (Å²) in [5.41, 5.74) is 2.12. The summed E-state index contributed by atoms with van der Waals surface area (Å²) >= 11 is 18.4. The molecule has 0 saturated heterocycles. The van der Waals surface area contributed by atoms with Crippen molar-refractivity contribution in [3.8, 4) is 0 Å². The van der Waals surface area contributed by atoms with E-state index in [2.05, 4.69) is 10.4 Å². The first-order valence-electron chi connectivity index (χ1n) is 7.72. The van der Waals surface area contributed by atoms with Crippen molar-refractivity contribution in [3.63, 3.8) is 0 Å². The molecule has 0 spiro atoms. The van der Waals surface area contributed by atoms with Gasteiger partial charge in [-0.3, -0.25) is 9.48 Å². The van der Waals surface area contributed by atoms with Gasteiger partial charge in [-0.05, 0) is 29.8 Å². The number of carbonyl (C=O) groups excluding carboxylic acids is 1. The van der Waals surface area contributed by atoms with E-state index in [1.165, 1.54) is 6.08 Å². The fraction of sp³-hybridized carbons (Fsp3) is 0.0526. The first-order chi connectivity index (χ1) is 12.5. The standard InChI is InChI=1S/C19H14Cl3N3O/c20-16-5-2-1-4-13(16)8-9-19(26)24-14-10-23-25(11-14)12-15-17(21)6-3-7-18(15)22/h1-11H,12H2,(H,24,26)/b9-8+. The summed E-state index contributed by atoms with van der Waals surface area (Å²) in [6, 6.07) is 12.6. The predicted octanol–water partition coefficient (Wildman–Crippen LogP) is 5.54. The molecule has 0 aliphatic heterocycles. The fourth-order valence-corrected chi connectivity index (χ4v) is 3.04. The van der Waals surface area contributed by atoms with Crippen LogP contribution in [-0.2, 0) is 11.3 Å². The van der Waals surface area contributed by atoms with Crippen LogP contribution in [0.2, 0.25) is 15.1 Å². The van der Waals surface area contributed by atoms with E-state index < -0.39 is 0 Å². The number of rotatable bonds is 5. The minimum absolute atomic E-state index is 0.278. The number of nitrogens with zero attached hydrogens (tertiary/aromatic N) is 2. The van der Waals surface area contributed by atoms with Crippen molar-refractivity contribution in [3.05, 3.63) is 87.1 Å². The molecule has 7 heteroatoms. The number of anilines is 1. The predicted molar refractivity (Wildman–Crippen MR) is 107 cm³/mol. The Balaban J connectivity index is 1.65. The number of hydrogen-bond acceptors (Lipinski definition) is 2. The van der Waals surface area contributed by atoms with Crippen molar-refractivity contribution >= 4 is 52.5 Å². The second-order valence-electron chi connectivity index (χ2n) is 5.47. The van der Waals surface area contributed by atoms with E-state index in [1.807, 2.05) is 18.2 Å². The van der Waals surface area contributed by atoms with Crippen LogP contribution in [0, 0.1) is 0 Å². The Hall–Kier alpha value is -2.27. The van der Waals surface area contributed by atoms with Gasteiger partial charge in [-0.15, -0.1) is 0 Å². The van der Waals surface area contributed by atoms with Crippen LogP contribution in [0.1, 0.15) is 11.1 Å². The average molecular weight is 407 g/mol. The third-order valence-corrected chi connectivity index (χ3v) is 4.65. The minimum atomic E-state index is -0.278. The van der Waals surface area contributed by atoms with Gasteiger partial charge in [-0.25, -0.2) is 0 Å². The molecule has 1 aromatic heterocycles. The summed E-state index contributed by atoms with van der Waals surface area (Å²) in [6.07, 6.45) is 6.35. The van der Waals surface area contributed by atoms with Crippen LogP contribution < -0.4 is 5.32 Å². The van der Waals surface area contributed by atoms with E-state index in [9.17, 15) is 4.79 Å². The third kappa shape index (κ3) is 4.67. The molecular formula is C19H14Cl3N3O. The Labute approximate surface area is 166 Å². The molecule has 1 heterocycles. The molecule has 3 rings (SSSR count). The summed E-state index contributed by atoms with van der Waals surface area (Å²) in [6.45, 7) is 0.407. The maximum absolute atomic E-state index is 12.1. The van der Waals surface area contributed by atoms with Crippen LogP contribution in [0.15, 0.2) is 60.9 Å². The number of nitrogens with one attached hydrogen (secondary N) is 1. The molecule has 0 radical (unpaired) electrons. The van der Waals surface area contributed by atoms with Crippen molar-refractivity contribution in [2.75, 3.05) is 5.32 Å². The zero-order valence-electron chi connectivity index (χ0n) is 13.5. The van der Waals surface area contributed by atoms with Gasteiger partial charge in [0.2, 0.25) is 5.91 Å². The number of hydrogen-bond donors (Lipinski definition) is 1. The lowest BCUT2D eigenvalue weighted by molar-refractivity contribution is -0.111. The first-order valence-corrected chi connectivity index (χ1v) is 8.85. The molecule has 0 unspecified atom stereocenters. The first kappa shape index (κ1) is 18.5. The Morgan fingerprint density at radius 2 is 1.73 bits per heavy atom. The Morgan fingerprint density at radius 1 is 1.04 bits per heavy atom. The molecule has 3 aromatic rings. The van der Waals surface area contributed by atoms with E-state index in [1.54, 1.807) is 47.4 Å². The van der Waals surface area contributed by atoms with Crippen molar-refractivity contribution in [1.82, 2.24) is 9.78 Å². The number of carbonyl (C=O) groups is 1. The number of halogens is 3. The van der Waals surface area contributed by atoms with E-state index in [4.69, 9.17) is 34.8 Å². The molecule has 1 N–H and O–H groups in total. The van der Waals surface area contributed by atoms with Crippen molar-refractivity contribution in [1.29, 1.82) is 0 Å². The Kier molecular flexibility index (Phi) is 5.99. The van der Waals surface area contributed by atoms with Gasteiger partial charge in [0.05, 0.1) is 18.4 Å². The van der Waals surface area contributed by atoms with Crippen molar-refractivity contribution in [2.24, 2.45) is 0 Å². The molecule has 0 fully saturated rings.